The lowest BCUT2D eigenvalue weighted by molar-refractivity contribution is -0.130. The van der Waals surface area contributed by atoms with Gasteiger partial charge in [0.05, 0.1) is 40.2 Å². The van der Waals surface area contributed by atoms with Crippen LogP contribution in [0.2, 0.25) is 10.0 Å². The van der Waals surface area contributed by atoms with Crippen LogP contribution in [0.1, 0.15) is 41.0 Å². The molecule has 318 valence electrons. The van der Waals surface area contributed by atoms with E-state index in [1.54, 1.807) is 76.5 Å². The van der Waals surface area contributed by atoms with E-state index >= 15 is 18.0 Å². The number of nitrogens with zero attached hydrogens (tertiary/aromatic N) is 3. The number of halogens is 2. The van der Waals surface area contributed by atoms with Crippen LogP contribution in [0, 0.1) is 5.92 Å². The van der Waals surface area contributed by atoms with Crippen LogP contribution in [-0.4, -0.2) is 51.1 Å². The second-order valence-corrected chi connectivity index (χ2v) is 21.5. The van der Waals surface area contributed by atoms with Gasteiger partial charge in [-0.05, 0) is 95.8 Å². The van der Waals surface area contributed by atoms with Crippen LogP contribution in [0.5, 0.6) is 0 Å². The molecule has 1 saturated heterocycles. The quantitative estimate of drug-likeness (QED) is 0.135. The summed E-state index contributed by atoms with van der Waals surface area (Å²) < 4.78 is 61.6. The van der Waals surface area contributed by atoms with Gasteiger partial charge in [0.2, 0.25) is 5.91 Å². The number of carbonyl (C=O) groups excluding carboxylic acids is 2. The van der Waals surface area contributed by atoms with Crippen molar-refractivity contribution in [2.24, 2.45) is 5.92 Å². The van der Waals surface area contributed by atoms with Gasteiger partial charge in [-0.15, -0.1) is 0 Å². The number of hydrogen-bond acceptors (Lipinski definition) is 7. The summed E-state index contributed by atoms with van der Waals surface area (Å²) in [6.45, 7) is 0.588. The predicted octanol–water partition coefficient (Wildman–Crippen LogP) is 9.36. The van der Waals surface area contributed by atoms with Crippen molar-refractivity contribution >= 4 is 66.1 Å². The smallest absolute Gasteiger partial charge is 0.258 e. The van der Waals surface area contributed by atoms with Gasteiger partial charge in [0, 0.05) is 39.5 Å². The molecule has 0 N–H and O–H groups in total. The molecular weight excluding hydrogens is 874 g/mol. The minimum atomic E-state index is -4.53. The molecule has 0 aliphatic carbocycles. The summed E-state index contributed by atoms with van der Waals surface area (Å²) >= 11 is 13.6. The molecule has 0 bridgehead atoms. The highest BCUT2D eigenvalue weighted by Gasteiger charge is 2.70. The van der Waals surface area contributed by atoms with Crippen molar-refractivity contribution < 1.29 is 26.4 Å². The molecule has 4 atom stereocenters. The molecule has 10 rings (SSSR count). The molecule has 6 aromatic rings. The van der Waals surface area contributed by atoms with Gasteiger partial charge >= 0.3 is 0 Å². The molecule has 6 aromatic carbocycles. The van der Waals surface area contributed by atoms with Crippen LogP contribution < -0.4 is 9.80 Å². The summed E-state index contributed by atoms with van der Waals surface area (Å²) in [5.41, 5.74) is 2.80. The molecule has 2 amide bonds. The predicted molar refractivity (Wildman–Crippen MR) is 245 cm³/mol. The van der Waals surface area contributed by atoms with Crippen molar-refractivity contribution in [2.45, 2.75) is 52.4 Å². The fraction of sp³-hybridized carbons (Fsp3) is 0.200. The van der Waals surface area contributed by atoms with Crippen LogP contribution in [0.15, 0.2) is 179 Å². The van der Waals surface area contributed by atoms with Crippen molar-refractivity contribution in [1.82, 2.24) is 4.90 Å². The number of benzene rings is 6. The third-order valence-corrected chi connectivity index (χ3v) is 17.4. The third kappa shape index (κ3) is 6.70. The van der Waals surface area contributed by atoms with E-state index in [1.165, 1.54) is 24.3 Å². The summed E-state index contributed by atoms with van der Waals surface area (Å²) in [5, 5.41) is -0.893. The zero-order valence-corrected chi connectivity index (χ0v) is 37.0. The van der Waals surface area contributed by atoms with Crippen LogP contribution in [0.3, 0.4) is 0 Å². The first kappa shape index (κ1) is 41.3. The maximum atomic E-state index is 16.1. The Hall–Kier alpha value is -5.72. The largest absolute Gasteiger partial charge is 0.355 e. The molecule has 1 spiro atoms. The van der Waals surface area contributed by atoms with E-state index in [0.29, 0.717) is 51.0 Å². The van der Waals surface area contributed by atoms with Gasteiger partial charge in [0.25, 0.3) is 5.91 Å². The highest BCUT2D eigenvalue weighted by atomic mass is 35.5. The van der Waals surface area contributed by atoms with Crippen LogP contribution in [0.4, 0.5) is 11.4 Å². The maximum absolute atomic E-state index is 16.1. The van der Waals surface area contributed by atoms with Crippen molar-refractivity contribution in [3.05, 3.63) is 201 Å². The van der Waals surface area contributed by atoms with E-state index in [-0.39, 0.29) is 41.0 Å². The maximum Gasteiger partial charge on any atom is 0.258 e. The molecule has 13 heteroatoms. The average molecular weight is 915 g/mol. The molecular formula is C50H41Cl2N3O6S2. The third-order valence-electron chi connectivity index (χ3n) is 13.0. The number of anilines is 2. The van der Waals surface area contributed by atoms with Gasteiger partial charge in [-0.1, -0.05) is 120 Å². The Morgan fingerprint density at radius 1 is 0.619 bits per heavy atom. The number of fused-ring (bicyclic) bond motifs is 5. The molecule has 9 nitrogen and oxygen atoms in total. The second kappa shape index (κ2) is 15.8. The fourth-order valence-corrected chi connectivity index (χ4v) is 14.7. The molecule has 0 unspecified atom stereocenters. The highest BCUT2D eigenvalue weighted by Crippen LogP contribution is 2.62. The van der Waals surface area contributed by atoms with Crippen LogP contribution in [0.25, 0.3) is 0 Å². The Morgan fingerprint density at radius 2 is 1.16 bits per heavy atom. The molecule has 63 heavy (non-hydrogen) atoms. The minimum absolute atomic E-state index is 0.000849. The zero-order chi connectivity index (χ0) is 43.7. The van der Waals surface area contributed by atoms with Gasteiger partial charge in [-0.25, -0.2) is 16.8 Å². The molecule has 0 aromatic heterocycles. The van der Waals surface area contributed by atoms with E-state index in [4.69, 9.17) is 23.2 Å². The van der Waals surface area contributed by atoms with E-state index in [2.05, 4.69) is 0 Å². The number of sulfone groups is 2. The Balaban J connectivity index is 1.27. The molecule has 1 fully saturated rings. The Kier molecular flexibility index (Phi) is 10.4. The molecule has 0 saturated carbocycles. The van der Waals surface area contributed by atoms with Gasteiger partial charge in [0.15, 0.2) is 25.2 Å². The lowest BCUT2D eigenvalue weighted by atomic mass is 9.80. The van der Waals surface area contributed by atoms with Gasteiger partial charge < -0.3 is 14.7 Å². The van der Waals surface area contributed by atoms with E-state index < -0.39 is 54.0 Å². The summed E-state index contributed by atoms with van der Waals surface area (Å²) in [4.78, 5) is 36.5. The summed E-state index contributed by atoms with van der Waals surface area (Å²) in [6.07, 6.45) is 0.754. The highest BCUT2D eigenvalue weighted by molar-refractivity contribution is 7.93. The van der Waals surface area contributed by atoms with Crippen molar-refractivity contribution in [3.63, 3.8) is 0 Å². The Morgan fingerprint density at radius 3 is 1.78 bits per heavy atom. The van der Waals surface area contributed by atoms with Crippen molar-refractivity contribution in [2.75, 3.05) is 22.1 Å². The standard InChI is InChI=1S/C50H41Cl2N3O6S2/c51-35-23-25-43-40(28-35)45(48(56)53(43)30-33-14-5-1-6-15-33)39-22-13-27-55-46(39)47(63(60,61)38-20-11-4-12-21-38)42(32-62(58,59)37-18-9-3-10-19-37)50(55)41-29-36(52)24-26-44(41)54(49(50)57)31-34-16-7-2-8-17-34/h1-12,14-21,23-26,28-29,42,45,47H,13,22,27,30-32H2/t42-,45-,47-,50+/m0/s1. The minimum Gasteiger partial charge on any atom is -0.355 e. The first-order chi connectivity index (χ1) is 30.4. The molecule has 4 heterocycles. The Bertz CT molecular complexity index is 3050. The van der Waals surface area contributed by atoms with Crippen molar-refractivity contribution in [3.8, 4) is 0 Å². The SMILES string of the molecule is O=C1[C@@H](C2=C3[C@@H](S(=O)(=O)c4ccccc4)[C@H](CS(=O)(=O)c4ccccc4)[C@]4(C(=O)N(Cc5ccccc5)c5ccc(Cl)cc54)N3CCC2)c2cc(Cl)ccc2N1Cc1ccccc1. The summed E-state index contributed by atoms with van der Waals surface area (Å²) in [7, 11) is -8.83. The summed E-state index contributed by atoms with van der Waals surface area (Å²) in [6, 6.07) is 45.3. The monoisotopic (exact) mass is 913 g/mol. The number of carbonyl (C=O) groups is 2. The number of hydrogen-bond donors (Lipinski definition) is 0. The van der Waals surface area contributed by atoms with E-state index in [9.17, 15) is 8.42 Å². The lowest BCUT2D eigenvalue weighted by Crippen LogP contribution is -2.55. The molecule has 4 aliphatic heterocycles. The summed E-state index contributed by atoms with van der Waals surface area (Å²) in [5.74, 6) is -3.84. The Labute approximate surface area is 377 Å². The van der Waals surface area contributed by atoms with Crippen LogP contribution >= 0.6 is 23.2 Å². The topological polar surface area (TPSA) is 112 Å². The number of amides is 2. The second-order valence-electron chi connectivity index (χ2n) is 16.5. The van der Waals surface area contributed by atoms with Gasteiger partial charge in [-0.3, -0.25) is 9.59 Å². The average Bonchev–Trinajstić information content (AvgIpc) is 3.83. The van der Waals surface area contributed by atoms with Crippen molar-refractivity contribution in [1.29, 1.82) is 0 Å². The normalized spacial score (nSPS) is 21.9. The number of rotatable bonds is 10. The van der Waals surface area contributed by atoms with Crippen LogP contribution in [-0.2, 0) is 47.9 Å². The fourth-order valence-electron chi connectivity index (χ4n) is 10.4. The van der Waals surface area contributed by atoms with Gasteiger partial charge in [-0.2, -0.15) is 0 Å². The first-order valence-corrected chi connectivity index (χ1v) is 24.7. The zero-order valence-electron chi connectivity index (χ0n) is 33.8. The molecule has 0 radical (unpaired) electrons. The van der Waals surface area contributed by atoms with Gasteiger partial charge in [0.1, 0.15) is 5.25 Å². The van der Waals surface area contributed by atoms with E-state index in [1.807, 2.05) is 71.6 Å². The lowest BCUT2D eigenvalue weighted by Gasteiger charge is -2.42. The molecule has 4 aliphatic rings. The van der Waals surface area contributed by atoms with E-state index in [0.717, 1.165) is 11.1 Å². The first-order valence-electron chi connectivity index (χ1n) is 20.8.